The van der Waals surface area contributed by atoms with Crippen LogP contribution < -0.4 is 25.4 Å². The van der Waals surface area contributed by atoms with Crippen molar-refractivity contribution in [2.75, 3.05) is 58.2 Å². The van der Waals surface area contributed by atoms with Gasteiger partial charge in [-0.3, -0.25) is 14.5 Å². The number of rotatable bonds is 16. The first-order chi connectivity index (χ1) is 30.4. The minimum absolute atomic E-state index is 0.0248. The van der Waals surface area contributed by atoms with Crippen molar-refractivity contribution in [1.82, 2.24) is 35.3 Å². The largest absolute Gasteiger partial charge is 0.491 e. The Morgan fingerprint density at radius 1 is 1.00 bits per heavy atom. The van der Waals surface area contributed by atoms with Crippen LogP contribution >= 0.6 is 22.9 Å². The molecular weight excluding hydrogens is 860 g/mol. The van der Waals surface area contributed by atoms with Gasteiger partial charge in [-0.05, 0) is 81.9 Å². The second-order valence-corrected chi connectivity index (χ2v) is 21.1. The molecule has 3 saturated carbocycles. The second kappa shape index (κ2) is 18.4. The van der Waals surface area contributed by atoms with Crippen molar-refractivity contribution in [2.45, 2.75) is 116 Å². The summed E-state index contributed by atoms with van der Waals surface area (Å²) in [5.74, 6) is -0.332. The Morgan fingerprint density at radius 3 is 2.39 bits per heavy atom. The summed E-state index contributed by atoms with van der Waals surface area (Å²) in [4.78, 5) is 71.0. The minimum atomic E-state index is -1.42. The SMILES string of the molecule is CC[C@@H]1C[C@]1(NC(=O)[C@@H]1C[C@@H](Oc2cc(-c3csc(NC(C)C)n3)nc3c(Cl)c(OCCN4CCN(C)CC4)ccc23)CN1C(=O)[C@@H](NC(=O)O[C@@H]1C[C@@H]2C[C@@H]2C1)C(C)(C)C)C(=O)O. The van der Waals surface area contributed by atoms with Gasteiger partial charge in [0, 0.05) is 62.0 Å². The maximum atomic E-state index is 14.8. The number of hydrogen-bond donors (Lipinski definition) is 4. The number of aromatic nitrogens is 2. The average molecular weight is 924 g/mol. The van der Waals surface area contributed by atoms with Crippen molar-refractivity contribution in [3.63, 3.8) is 0 Å². The molecule has 2 saturated heterocycles. The van der Waals surface area contributed by atoms with Crippen molar-refractivity contribution in [3.05, 3.63) is 28.6 Å². The van der Waals surface area contributed by atoms with Gasteiger partial charge in [0.1, 0.15) is 58.7 Å². The molecule has 2 aliphatic heterocycles. The van der Waals surface area contributed by atoms with Gasteiger partial charge in [-0.25, -0.2) is 19.6 Å². The number of pyridine rings is 1. The molecule has 3 aromatic rings. The molecule has 0 bridgehead atoms. The summed E-state index contributed by atoms with van der Waals surface area (Å²) in [5.41, 5.74) is -0.650. The fourth-order valence-corrected chi connectivity index (χ4v) is 10.7. The molecule has 2 aromatic heterocycles. The fourth-order valence-electron chi connectivity index (χ4n) is 9.63. The van der Waals surface area contributed by atoms with Crippen LogP contribution in [-0.4, -0.2) is 142 Å². The minimum Gasteiger partial charge on any atom is -0.491 e. The Hall–Kier alpha value is -4.45. The molecule has 1 aromatic carbocycles. The number of hydrogen-bond acceptors (Lipinski definition) is 13. The molecule has 64 heavy (non-hydrogen) atoms. The number of halogens is 1. The van der Waals surface area contributed by atoms with Crippen LogP contribution in [0.1, 0.15) is 80.1 Å². The maximum absolute atomic E-state index is 14.8. The first kappa shape index (κ1) is 46.1. The zero-order chi connectivity index (χ0) is 45.7. The summed E-state index contributed by atoms with van der Waals surface area (Å²) in [6.07, 6.45) is 2.14. The number of amides is 3. The Kier molecular flexibility index (Phi) is 13.3. The number of carbonyl (C=O) groups excluding carboxylic acids is 3. The summed E-state index contributed by atoms with van der Waals surface area (Å²) >= 11 is 8.59. The van der Waals surface area contributed by atoms with E-state index in [1.165, 1.54) is 22.7 Å². The number of nitrogens with one attached hydrogen (secondary N) is 3. The number of carboxylic acid groups (broad SMARTS) is 1. The Labute approximate surface area is 384 Å². The van der Waals surface area contributed by atoms with Crippen molar-refractivity contribution in [3.8, 4) is 22.9 Å². The standard InChI is InChI=1S/C46H63ClN8O8S/c1-8-28-22-46(28,42(58)59)52-40(56)34-20-30(23-55(34)41(57)39(45(4,5)6)51-44(60)63-29-18-26-17-27(26)19-29)62-36-21-32(33-24-64-43(50-33)48-25(2)3)49-38-31(36)9-10-35(37(38)47)61-16-15-54-13-11-53(7)12-14-54/h9-10,21,24-30,34,39H,8,11-20,22-23H2,1-7H3,(H,48,50)(H,51,60)(H,52,56)(H,58,59)/t26-,27+,28-,29+,30-,34+,39-,46-/m1/s1. The van der Waals surface area contributed by atoms with Crippen LogP contribution in [0.2, 0.25) is 5.02 Å². The first-order valence-electron chi connectivity index (χ1n) is 22.8. The fraction of sp³-hybridized carbons (Fsp3) is 0.652. The monoisotopic (exact) mass is 922 g/mol. The molecule has 4 heterocycles. The number of alkyl carbamates (subject to hydrolysis) is 1. The third-order valence-corrected chi connectivity index (χ3v) is 14.7. The molecule has 0 radical (unpaired) electrons. The van der Waals surface area contributed by atoms with Crippen LogP contribution in [-0.2, 0) is 19.1 Å². The number of carbonyl (C=O) groups is 4. The van der Waals surface area contributed by atoms with Gasteiger partial charge in [0.25, 0.3) is 0 Å². The lowest BCUT2D eigenvalue weighted by molar-refractivity contribution is -0.146. The van der Waals surface area contributed by atoms with Crippen molar-refractivity contribution in [2.24, 2.45) is 23.2 Å². The van der Waals surface area contributed by atoms with Crippen molar-refractivity contribution < 1.29 is 38.5 Å². The molecule has 5 aliphatic rings. The van der Waals surface area contributed by atoms with Crippen LogP contribution in [0.5, 0.6) is 11.5 Å². The van der Waals surface area contributed by atoms with Crippen LogP contribution in [0.25, 0.3) is 22.3 Å². The number of benzene rings is 1. The lowest BCUT2D eigenvalue weighted by atomic mass is 9.85. The topological polar surface area (TPSA) is 188 Å². The van der Waals surface area contributed by atoms with Crippen LogP contribution in [0.15, 0.2) is 23.6 Å². The number of likely N-dealkylation sites (N-methyl/N-ethyl adjacent to an activating group) is 1. The predicted octanol–water partition coefficient (Wildman–Crippen LogP) is 6.12. The summed E-state index contributed by atoms with van der Waals surface area (Å²) in [7, 11) is 2.12. The van der Waals surface area contributed by atoms with E-state index in [-0.39, 0.29) is 31.0 Å². The normalized spacial score (nSPS) is 27.2. The van der Waals surface area contributed by atoms with E-state index in [9.17, 15) is 24.3 Å². The number of nitrogens with zero attached hydrogens (tertiary/aromatic N) is 5. The summed E-state index contributed by atoms with van der Waals surface area (Å²) in [6.45, 7) is 16.6. The molecule has 8 rings (SSSR count). The summed E-state index contributed by atoms with van der Waals surface area (Å²) < 4.78 is 18.9. The van der Waals surface area contributed by atoms with E-state index in [0.717, 1.165) is 50.7 Å². The van der Waals surface area contributed by atoms with Gasteiger partial charge >= 0.3 is 12.1 Å². The number of carboxylic acids is 1. The number of likely N-dealkylation sites (tertiary alicyclic amines) is 1. The number of thiazole rings is 1. The number of ether oxygens (including phenoxy) is 3. The zero-order valence-electron chi connectivity index (χ0n) is 37.9. The molecule has 16 nitrogen and oxygen atoms in total. The molecule has 0 unspecified atom stereocenters. The molecule has 18 heteroatoms. The van der Waals surface area contributed by atoms with Gasteiger partial charge in [0.05, 0.1) is 17.8 Å². The molecule has 4 N–H and O–H groups in total. The van der Waals surface area contributed by atoms with Crippen molar-refractivity contribution >= 4 is 62.8 Å². The van der Waals surface area contributed by atoms with E-state index in [1.807, 2.05) is 53.0 Å². The van der Waals surface area contributed by atoms with Crippen molar-refractivity contribution in [1.29, 1.82) is 0 Å². The van der Waals surface area contributed by atoms with E-state index in [4.69, 9.17) is 35.8 Å². The second-order valence-electron chi connectivity index (χ2n) is 19.9. The molecule has 348 valence electrons. The van der Waals surface area contributed by atoms with Gasteiger partial charge in [-0.15, -0.1) is 11.3 Å². The summed E-state index contributed by atoms with van der Waals surface area (Å²) in [6, 6.07) is 3.43. The molecule has 8 atom stereocenters. The number of fused-ring (bicyclic) bond motifs is 2. The maximum Gasteiger partial charge on any atom is 0.408 e. The lowest BCUT2D eigenvalue weighted by Gasteiger charge is -2.35. The lowest BCUT2D eigenvalue weighted by Crippen LogP contribution is -2.59. The quantitative estimate of drug-likeness (QED) is 0.129. The highest BCUT2D eigenvalue weighted by Gasteiger charge is 2.61. The van der Waals surface area contributed by atoms with Gasteiger partial charge in [-0.2, -0.15) is 0 Å². The van der Waals surface area contributed by atoms with E-state index < -0.39 is 53.0 Å². The van der Waals surface area contributed by atoms with Gasteiger partial charge in [0.2, 0.25) is 11.8 Å². The van der Waals surface area contributed by atoms with E-state index in [2.05, 4.69) is 32.8 Å². The van der Waals surface area contributed by atoms with Gasteiger partial charge in [0.15, 0.2) is 5.13 Å². The first-order valence-corrected chi connectivity index (χ1v) is 24.1. The molecule has 0 spiro atoms. The Morgan fingerprint density at radius 2 is 1.73 bits per heavy atom. The van der Waals surface area contributed by atoms with Crippen LogP contribution in [0.3, 0.4) is 0 Å². The number of aliphatic carboxylic acids is 1. The van der Waals surface area contributed by atoms with Crippen LogP contribution in [0, 0.1) is 23.2 Å². The number of piperazine rings is 1. The molecular formula is C46H63ClN8O8S. The highest BCUT2D eigenvalue weighted by atomic mass is 35.5. The molecule has 5 fully saturated rings. The summed E-state index contributed by atoms with van der Waals surface area (Å²) in [5, 5.41) is 22.8. The predicted molar refractivity (Wildman–Crippen MR) is 245 cm³/mol. The third-order valence-electron chi connectivity index (χ3n) is 13.6. The van der Waals surface area contributed by atoms with E-state index in [0.29, 0.717) is 70.1 Å². The Bertz CT molecular complexity index is 2240. The molecule has 3 aliphatic carbocycles. The zero-order valence-corrected chi connectivity index (χ0v) is 39.5. The average Bonchev–Trinajstić information content (AvgIpc) is 3.91. The van der Waals surface area contributed by atoms with Gasteiger partial charge in [-0.1, -0.05) is 45.7 Å². The van der Waals surface area contributed by atoms with E-state index in [1.54, 1.807) is 12.1 Å². The van der Waals surface area contributed by atoms with Crippen LogP contribution in [0.4, 0.5) is 9.93 Å². The highest BCUT2D eigenvalue weighted by molar-refractivity contribution is 7.14. The Balaban J connectivity index is 1.09. The molecule has 3 amide bonds. The van der Waals surface area contributed by atoms with Gasteiger partial charge < -0.3 is 45.1 Å². The van der Waals surface area contributed by atoms with E-state index >= 15 is 0 Å². The third kappa shape index (κ3) is 10.0. The smallest absolute Gasteiger partial charge is 0.408 e. The number of anilines is 1. The highest BCUT2D eigenvalue weighted by Crippen LogP contribution is 2.52.